The van der Waals surface area contributed by atoms with E-state index < -0.39 is 0 Å². The van der Waals surface area contributed by atoms with E-state index in [0.717, 1.165) is 12.2 Å². The standard InChI is InChI=1S/C24H39NO/c1-8-22(17(2)3)26-23-20(16-25-19-12-10-9-11-13-19)18(4)14-15-21(23)24(5,6)7/h14-17,19,22H,8-13H2,1-7H3/b25-16+/t22-/m1/s1. The fraction of sp³-hybridized carbons (Fsp3) is 0.708. The molecule has 1 atom stereocenters. The van der Waals surface area contributed by atoms with E-state index in [1.54, 1.807) is 0 Å². The molecule has 1 aromatic carbocycles. The highest BCUT2D eigenvalue weighted by molar-refractivity contribution is 5.86. The normalized spacial score (nSPS) is 17.8. The number of hydrogen-bond donors (Lipinski definition) is 0. The van der Waals surface area contributed by atoms with E-state index in [-0.39, 0.29) is 11.5 Å². The van der Waals surface area contributed by atoms with Crippen LogP contribution >= 0.6 is 0 Å². The number of nitrogens with zero attached hydrogens (tertiary/aromatic N) is 1. The van der Waals surface area contributed by atoms with Gasteiger partial charge in [0.15, 0.2) is 0 Å². The summed E-state index contributed by atoms with van der Waals surface area (Å²) in [6.07, 6.45) is 9.83. The molecule has 2 nitrogen and oxygen atoms in total. The summed E-state index contributed by atoms with van der Waals surface area (Å²) >= 11 is 0. The second-order valence-corrected chi connectivity index (χ2v) is 9.30. The Morgan fingerprint density at radius 2 is 1.81 bits per heavy atom. The van der Waals surface area contributed by atoms with Crippen LogP contribution in [0.15, 0.2) is 17.1 Å². The van der Waals surface area contributed by atoms with Crippen molar-refractivity contribution in [2.75, 3.05) is 0 Å². The zero-order valence-electron chi connectivity index (χ0n) is 18.1. The quantitative estimate of drug-likeness (QED) is 0.510. The Morgan fingerprint density at radius 1 is 1.15 bits per heavy atom. The Balaban J connectivity index is 2.45. The number of aryl methyl sites for hydroxylation is 1. The summed E-state index contributed by atoms with van der Waals surface area (Å²) in [7, 11) is 0. The third-order valence-electron chi connectivity index (χ3n) is 5.63. The molecule has 1 aliphatic carbocycles. The van der Waals surface area contributed by atoms with Crippen LogP contribution in [0.4, 0.5) is 0 Å². The number of ether oxygens (including phenoxy) is 1. The smallest absolute Gasteiger partial charge is 0.132 e. The first-order chi connectivity index (χ1) is 12.2. The summed E-state index contributed by atoms with van der Waals surface area (Å²) in [5, 5.41) is 0. The van der Waals surface area contributed by atoms with Crippen LogP contribution in [0.1, 0.15) is 96.8 Å². The predicted molar refractivity (Wildman–Crippen MR) is 114 cm³/mol. The van der Waals surface area contributed by atoms with E-state index >= 15 is 0 Å². The minimum absolute atomic E-state index is 0.0474. The van der Waals surface area contributed by atoms with Gasteiger partial charge in [0.2, 0.25) is 0 Å². The van der Waals surface area contributed by atoms with Gasteiger partial charge in [0.1, 0.15) is 11.9 Å². The van der Waals surface area contributed by atoms with E-state index in [1.807, 2.05) is 0 Å². The molecule has 0 radical (unpaired) electrons. The highest BCUT2D eigenvalue weighted by Gasteiger charge is 2.25. The molecule has 1 aromatic rings. The molecule has 0 spiro atoms. The second kappa shape index (κ2) is 9.06. The van der Waals surface area contributed by atoms with E-state index in [9.17, 15) is 0 Å². The number of benzene rings is 1. The molecule has 1 fully saturated rings. The number of hydrogen-bond acceptors (Lipinski definition) is 2. The second-order valence-electron chi connectivity index (χ2n) is 9.30. The zero-order valence-corrected chi connectivity index (χ0v) is 18.1. The van der Waals surface area contributed by atoms with E-state index in [2.05, 4.69) is 66.8 Å². The number of aliphatic imine (C=N–C) groups is 1. The molecule has 1 saturated carbocycles. The molecule has 0 unspecified atom stereocenters. The lowest BCUT2D eigenvalue weighted by molar-refractivity contribution is 0.144. The lowest BCUT2D eigenvalue weighted by atomic mass is 9.84. The van der Waals surface area contributed by atoms with Crippen LogP contribution in [-0.4, -0.2) is 18.4 Å². The Labute approximate surface area is 161 Å². The average Bonchev–Trinajstić information content (AvgIpc) is 2.58. The van der Waals surface area contributed by atoms with Gasteiger partial charge >= 0.3 is 0 Å². The molecule has 146 valence electrons. The minimum Gasteiger partial charge on any atom is -0.489 e. The van der Waals surface area contributed by atoms with Crippen LogP contribution in [0.5, 0.6) is 5.75 Å². The van der Waals surface area contributed by atoms with Gasteiger partial charge in [0.25, 0.3) is 0 Å². The molecule has 2 heteroatoms. The Kier molecular flexibility index (Phi) is 7.32. The van der Waals surface area contributed by atoms with Crippen molar-refractivity contribution in [1.82, 2.24) is 0 Å². The van der Waals surface area contributed by atoms with Gasteiger partial charge in [-0.15, -0.1) is 0 Å². The molecule has 0 N–H and O–H groups in total. The summed E-state index contributed by atoms with van der Waals surface area (Å²) in [6, 6.07) is 4.96. The van der Waals surface area contributed by atoms with Gasteiger partial charge in [0.05, 0.1) is 0 Å². The van der Waals surface area contributed by atoms with Crippen molar-refractivity contribution in [1.29, 1.82) is 0 Å². The Bertz CT molecular complexity index is 603. The highest BCUT2D eigenvalue weighted by atomic mass is 16.5. The van der Waals surface area contributed by atoms with E-state index in [0.29, 0.717) is 12.0 Å². The first-order valence-corrected chi connectivity index (χ1v) is 10.6. The molecule has 0 heterocycles. The van der Waals surface area contributed by atoms with Gasteiger partial charge in [-0.25, -0.2) is 0 Å². The Hall–Kier alpha value is -1.31. The molecule has 2 rings (SSSR count). The first-order valence-electron chi connectivity index (χ1n) is 10.6. The molecule has 0 saturated heterocycles. The molecule has 26 heavy (non-hydrogen) atoms. The zero-order chi connectivity index (χ0) is 19.3. The monoisotopic (exact) mass is 357 g/mol. The molecule has 0 amide bonds. The maximum atomic E-state index is 6.64. The Morgan fingerprint density at radius 3 is 2.35 bits per heavy atom. The fourth-order valence-corrected chi connectivity index (χ4v) is 3.83. The van der Waals surface area contributed by atoms with E-state index in [4.69, 9.17) is 9.73 Å². The molecule has 0 bridgehead atoms. The van der Waals surface area contributed by atoms with Gasteiger partial charge in [-0.2, -0.15) is 0 Å². The maximum Gasteiger partial charge on any atom is 0.132 e. The SMILES string of the molecule is CC[C@@H](Oc1c(C(C)(C)C)ccc(C)c1/C=N/C1CCCCC1)C(C)C. The highest BCUT2D eigenvalue weighted by Crippen LogP contribution is 2.37. The average molecular weight is 358 g/mol. The van der Waals surface area contributed by atoms with Crippen molar-refractivity contribution in [3.8, 4) is 5.75 Å². The molecule has 0 aliphatic heterocycles. The van der Waals surface area contributed by atoms with Crippen LogP contribution in [0.25, 0.3) is 0 Å². The van der Waals surface area contributed by atoms with Crippen molar-refractivity contribution in [3.05, 3.63) is 28.8 Å². The topological polar surface area (TPSA) is 21.6 Å². The fourth-order valence-electron chi connectivity index (χ4n) is 3.83. The van der Waals surface area contributed by atoms with Gasteiger partial charge in [-0.05, 0) is 43.1 Å². The summed E-state index contributed by atoms with van der Waals surface area (Å²) in [5.41, 5.74) is 3.77. The van der Waals surface area contributed by atoms with Crippen molar-refractivity contribution >= 4 is 6.21 Å². The molecule has 1 aliphatic rings. The lowest BCUT2D eigenvalue weighted by Gasteiger charge is -2.29. The van der Waals surface area contributed by atoms with Crippen molar-refractivity contribution in [3.63, 3.8) is 0 Å². The first kappa shape index (κ1) is 21.0. The summed E-state index contributed by atoms with van der Waals surface area (Å²) in [4.78, 5) is 4.97. The largest absolute Gasteiger partial charge is 0.489 e. The molecular weight excluding hydrogens is 318 g/mol. The van der Waals surface area contributed by atoms with Crippen LogP contribution in [0.3, 0.4) is 0 Å². The van der Waals surface area contributed by atoms with Gasteiger partial charge in [-0.1, -0.05) is 72.9 Å². The summed E-state index contributed by atoms with van der Waals surface area (Å²) < 4.78 is 6.64. The molecular formula is C24H39NO. The predicted octanol–water partition coefficient (Wildman–Crippen LogP) is 6.86. The van der Waals surface area contributed by atoms with Crippen LogP contribution < -0.4 is 4.74 Å². The van der Waals surface area contributed by atoms with Crippen molar-refractivity contribution in [2.45, 2.75) is 105 Å². The number of rotatable bonds is 6. The van der Waals surface area contributed by atoms with Gasteiger partial charge in [-0.3, -0.25) is 4.99 Å². The van der Waals surface area contributed by atoms with Crippen LogP contribution in [0.2, 0.25) is 0 Å². The van der Waals surface area contributed by atoms with E-state index in [1.165, 1.54) is 48.8 Å². The maximum absolute atomic E-state index is 6.64. The minimum atomic E-state index is 0.0474. The third kappa shape index (κ3) is 5.34. The molecule has 0 aromatic heterocycles. The van der Waals surface area contributed by atoms with Gasteiger partial charge < -0.3 is 4.74 Å². The van der Waals surface area contributed by atoms with Crippen LogP contribution in [0, 0.1) is 12.8 Å². The summed E-state index contributed by atoms with van der Waals surface area (Å²) in [6.45, 7) is 15.7. The lowest BCUT2D eigenvalue weighted by Crippen LogP contribution is -2.25. The summed E-state index contributed by atoms with van der Waals surface area (Å²) in [5.74, 6) is 1.55. The third-order valence-corrected chi connectivity index (χ3v) is 5.63. The van der Waals surface area contributed by atoms with Crippen LogP contribution in [-0.2, 0) is 5.41 Å². The van der Waals surface area contributed by atoms with Gasteiger partial charge in [0, 0.05) is 23.4 Å². The van der Waals surface area contributed by atoms with Crippen molar-refractivity contribution in [2.24, 2.45) is 10.9 Å². The van der Waals surface area contributed by atoms with Crippen molar-refractivity contribution < 1.29 is 4.74 Å².